The van der Waals surface area contributed by atoms with Crippen LogP contribution in [-0.2, 0) is 13.0 Å². The molecule has 0 saturated heterocycles. The summed E-state index contributed by atoms with van der Waals surface area (Å²) in [5.74, 6) is 0.753. The lowest BCUT2D eigenvalue weighted by molar-refractivity contribution is 0.0934. The highest BCUT2D eigenvalue weighted by molar-refractivity contribution is 5.94. The van der Waals surface area contributed by atoms with Gasteiger partial charge in [-0.2, -0.15) is 0 Å². The molecule has 0 bridgehead atoms. The third-order valence-corrected chi connectivity index (χ3v) is 5.80. The smallest absolute Gasteiger partial charge is 0.251 e. The van der Waals surface area contributed by atoms with Gasteiger partial charge in [0.25, 0.3) is 5.91 Å². The topological polar surface area (TPSA) is 46.9 Å². The molecule has 5 rings (SSSR count). The van der Waals surface area contributed by atoms with Gasteiger partial charge in [0.2, 0.25) is 0 Å². The zero-order valence-electron chi connectivity index (χ0n) is 18.3. The largest absolute Gasteiger partial charge is 0.342 e. The van der Waals surface area contributed by atoms with Crippen LogP contribution in [0.15, 0.2) is 115 Å². The number of rotatable bonds is 7. The van der Waals surface area contributed by atoms with Crippen molar-refractivity contribution in [3.05, 3.63) is 138 Å². The molecule has 1 N–H and O–H groups in total. The number of carbonyl (C=O) groups is 1. The van der Waals surface area contributed by atoms with Gasteiger partial charge in [0.1, 0.15) is 5.82 Å². The second kappa shape index (κ2) is 9.53. The Hall–Kier alpha value is -4.18. The average Bonchev–Trinajstić information content (AvgIpc) is 3.24. The Morgan fingerprint density at radius 2 is 1.30 bits per heavy atom. The van der Waals surface area contributed by atoms with E-state index in [1.165, 1.54) is 5.56 Å². The van der Waals surface area contributed by atoms with Crippen LogP contribution in [-0.4, -0.2) is 15.5 Å². The average molecular weight is 432 g/mol. The summed E-state index contributed by atoms with van der Waals surface area (Å²) in [6.07, 6.45) is 0.650. The molecular weight excluding hydrogens is 406 g/mol. The normalized spacial score (nSPS) is 11.9. The highest BCUT2D eigenvalue weighted by Crippen LogP contribution is 2.25. The van der Waals surface area contributed by atoms with Gasteiger partial charge >= 0.3 is 0 Å². The fraction of sp³-hybridized carbons (Fsp3) is 0.103. The van der Waals surface area contributed by atoms with E-state index in [4.69, 9.17) is 4.98 Å². The van der Waals surface area contributed by atoms with Crippen molar-refractivity contribution in [2.24, 2.45) is 0 Å². The summed E-state index contributed by atoms with van der Waals surface area (Å²) in [5.41, 5.74) is 4.96. The molecule has 0 saturated carbocycles. The first-order valence-electron chi connectivity index (χ1n) is 11.2. The lowest BCUT2D eigenvalue weighted by Gasteiger charge is -2.21. The third kappa shape index (κ3) is 4.70. The van der Waals surface area contributed by atoms with Crippen LogP contribution in [0, 0.1) is 0 Å². The molecule has 4 nitrogen and oxygen atoms in total. The van der Waals surface area contributed by atoms with Gasteiger partial charge in [0, 0.05) is 12.1 Å². The molecular formula is C29H25N3O. The fourth-order valence-corrected chi connectivity index (χ4v) is 4.18. The van der Waals surface area contributed by atoms with E-state index in [-0.39, 0.29) is 11.9 Å². The number of hydrogen-bond acceptors (Lipinski definition) is 2. The minimum absolute atomic E-state index is 0.102. The first-order chi connectivity index (χ1) is 16.3. The maximum absolute atomic E-state index is 13.2. The minimum Gasteiger partial charge on any atom is -0.342 e. The van der Waals surface area contributed by atoms with E-state index < -0.39 is 0 Å². The molecule has 0 unspecified atom stereocenters. The third-order valence-electron chi connectivity index (χ3n) is 5.80. The quantitative estimate of drug-likeness (QED) is 0.354. The molecule has 4 heteroatoms. The number of benzene rings is 4. The van der Waals surface area contributed by atoms with Crippen LogP contribution in [0.4, 0.5) is 0 Å². The lowest BCUT2D eigenvalue weighted by atomic mass is 10.0. The van der Waals surface area contributed by atoms with E-state index in [1.807, 2.05) is 84.9 Å². The van der Waals surface area contributed by atoms with Crippen LogP contribution in [0.5, 0.6) is 0 Å². The summed E-state index contributed by atoms with van der Waals surface area (Å²) in [6, 6.07) is 37.8. The second-order valence-electron chi connectivity index (χ2n) is 8.11. The molecule has 1 atom stereocenters. The van der Waals surface area contributed by atoms with Crippen LogP contribution in [0.25, 0.3) is 11.0 Å². The Bertz CT molecular complexity index is 1350. The van der Waals surface area contributed by atoms with Crippen molar-refractivity contribution in [3.63, 3.8) is 0 Å². The molecule has 1 aromatic heterocycles. The van der Waals surface area contributed by atoms with E-state index in [0.717, 1.165) is 22.4 Å². The van der Waals surface area contributed by atoms with Crippen molar-refractivity contribution in [2.45, 2.75) is 19.0 Å². The number of nitrogens with one attached hydrogen (secondary N) is 1. The number of imidazole rings is 1. The molecule has 0 aliphatic carbocycles. The Labute approximate surface area is 193 Å². The summed E-state index contributed by atoms with van der Waals surface area (Å²) >= 11 is 0. The van der Waals surface area contributed by atoms with Gasteiger partial charge < -0.3 is 9.88 Å². The van der Waals surface area contributed by atoms with Crippen LogP contribution in [0.3, 0.4) is 0 Å². The number of hydrogen-bond donors (Lipinski definition) is 1. The van der Waals surface area contributed by atoms with Crippen LogP contribution in [0.2, 0.25) is 0 Å². The van der Waals surface area contributed by atoms with Gasteiger partial charge in [-0.25, -0.2) is 4.98 Å². The number of carbonyl (C=O) groups excluding carboxylic acids is 1. The zero-order valence-corrected chi connectivity index (χ0v) is 18.3. The number of nitrogens with zero attached hydrogens (tertiary/aromatic N) is 2. The van der Waals surface area contributed by atoms with Crippen molar-refractivity contribution in [3.8, 4) is 0 Å². The second-order valence-corrected chi connectivity index (χ2v) is 8.11. The van der Waals surface area contributed by atoms with Gasteiger partial charge in [0.05, 0.1) is 17.1 Å². The molecule has 5 aromatic rings. The summed E-state index contributed by atoms with van der Waals surface area (Å²) < 4.78 is 2.23. The first kappa shape index (κ1) is 20.7. The monoisotopic (exact) mass is 431 g/mol. The fourth-order valence-electron chi connectivity index (χ4n) is 4.18. The number of para-hydroxylation sites is 2. The number of aromatic nitrogens is 2. The van der Waals surface area contributed by atoms with Crippen LogP contribution in [0.1, 0.15) is 33.4 Å². The molecule has 0 spiro atoms. The Morgan fingerprint density at radius 3 is 2.00 bits per heavy atom. The number of fused-ring (bicyclic) bond motifs is 1. The van der Waals surface area contributed by atoms with Gasteiger partial charge in [-0.05, 0) is 41.8 Å². The van der Waals surface area contributed by atoms with E-state index in [0.29, 0.717) is 18.5 Å². The molecule has 4 aromatic carbocycles. The van der Waals surface area contributed by atoms with E-state index in [9.17, 15) is 4.79 Å². The van der Waals surface area contributed by atoms with Gasteiger partial charge in [-0.15, -0.1) is 0 Å². The summed E-state index contributed by atoms with van der Waals surface area (Å²) in [4.78, 5) is 18.2. The minimum atomic E-state index is -0.281. The molecule has 0 aliphatic heterocycles. The standard InChI is InChI=1S/C29H25N3O/c33-29(24-16-8-3-9-17-24)31-26(20-22-12-4-1-5-13-22)28-30-25-18-10-11-19-27(25)32(28)21-23-14-6-2-7-15-23/h1-19,26H,20-21H2,(H,31,33)/t26-/m0/s1. The van der Waals surface area contributed by atoms with Crippen LogP contribution >= 0.6 is 0 Å². The molecule has 1 amide bonds. The SMILES string of the molecule is O=C(N[C@@H](Cc1ccccc1)c1nc2ccccc2n1Cc1ccccc1)c1ccccc1. The molecule has 0 aliphatic rings. The van der Waals surface area contributed by atoms with Gasteiger partial charge in [-0.3, -0.25) is 4.79 Å². The molecule has 0 radical (unpaired) electrons. The van der Waals surface area contributed by atoms with E-state index in [1.54, 1.807) is 0 Å². The first-order valence-corrected chi connectivity index (χ1v) is 11.2. The summed E-state index contributed by atoms with van der Waals surface area (Å²) in [6.45, 7) is 0.684. The Balaban J connectivity index is 1.58. The van der Waals surface area contributed by atoms with Crippen molar-refractivity contribution in [2.75, 3.05) is 0 Å². The molecule has 0 fully saturated rings. The highest BCUT2D eigenvalue weighted by atomic mass is 16.1. The molecule has 1 heterocycles. The van der Waals surface area contributed by atoms with E-state index in [2.05, 4.69) is 40.2 Å². The van der Waals surface area contributed by atoms with Crippen molar-refractivity contribution >= 4 is 16.9 Å². The Morgan fingerprint density at radius 1 is 0.727 bits per heavy atom. The lowest BCUT2D eigenvalue weighted by Crippen LogP contribution is -2.32. The van der Waals surface area contributed by atoms with Gasteiger partial charge in [-0.1, -0.05) is 91.0 Å². The maximum atomic E-state index is 13.2. The molecule has 162 valence electrons. The predicted molar refractivity (Wildman–Crippen MR) is 132 cm³/mol. The zero-order chi connectivity index (χ0) is 22.5. The van der Waals surface area contributed by atoms with E-state index >= 15 is 0 Å². The highest BCUT2D eigenvalue weighted by Gasteiger charge is 2.23. The summed E-state index contributed by atoms with van der Waals surface area (Å²) in [5, 5.41) is 3.26. The number of amides is 1. The van der Waals surface area contributed by atoms with Crippen molar-refractivity contribution in [1.82, 2.24) is 14.9 Å². The van der Waals surface area contributed by atoms with Gasteiger partial charge in [0.15, 0.2) is 0 Å². The predicted octanol–water partition coefficient (Wildman–Crippen LogP) is 5.80. The Kier molecular flexibility index (Phi) is 5.98. The summed E-state index contributed by atoms with van der Waals surface area (Å²) in [7, 11) is 0. The van der Waals surface area contributed by atoms with Crippen molar-refractivity contribution in [1.29, 1.82) is 0 Å². The van der Waals surface area contributed by atoms with Crippen molar-refractivity contribution < 1.29 is 4.79 Å². The van der Waals surface area contributed by atoms with Crippen LogP contribution < -0.4 is 5.32 Å². The maximum Gasteiger partial charge on any atom is 0.251 e. The molecule has 33 heavy (non-hydrogen) atoms.